The number of rotatable bonds is 4. The van der Waals surface area contributed by atoms with Crippen molar-refractivity contribution >= 4 is 21.4 Å². The fourth-order valence-corrected chi connectivity index (χ4v) is 3.72. The zero-order valence-corrected chi connectivity index (χ0v) is 12.3. The molecule has 0 atom stereocenters. The third kappa shape index (κ3) is 2.37. The van der Waals surface area contributed by atoms with Crippen molar-refractivity contribution in [2.75, 3.05) is 13.8 Å². The van der Waals surface area contributed by atoms with E-state index >= 15 is 0 Å². The highest BCUT2D eigenvalue weighted by Gasteiger charge is 2.24. The highest BCUT2D eigenvalue weighted by Crippen LogP contribution is 2.34. The van der Waals surface area contributed by atoms with Crippen LogP contribution in [0.2, 0.25) is 0 Å². The minimum Gasteiger partial charge on any atom is -0.454 e. The lowest BCUT2D eigenvalue weighted by atomic mass is 10.3. The van der Waals surface area contributed by atoms with Crippen LogP contribution >= 0.6 is 11.3 Å². The van der Waals surface area contributed by atoms with Gasteiger partial charge in [-0.25, -0.2) is 13.4 Å². The Bertz CT molecular complexity index is 713. The molecule has 0 unspecified atom stereocenters. The highest BCUT2D eigenvalue weighted by atomic mass is 32.2. The molecule has 0 bridgehead atoms. The summed E-state index contributed by atoms with van der Waals surface area (Å²) in [5.41, 5.74) is 0. The fraction of sp³-hybridized carbons (Fsp3) is 0.250. The predicted molar refractivity (Wildman–Crippen MR) is 73.3 cm³/mol. The normalized spacial score (nSPS) is 13.9. The maximum absolute atomic E-state index is 12.5. The number of ether oxygens (including phenoxy) is 2. The van der Waals surface area contributed by atoms with Crippen molar-refractivity contribution in [2.24, 2.45) is 0 Å². The van der Waals surface area contributed by atoms with Gasteiger partial charge in [0.25, 0.3) is 0 Å². The molecule has 0 saturated heterocycles. The second-order valence-electron chi connectivity index (χ2n) is 4.20. The number of thiazole rings is 1. The van der Waals surface area contributed by atoms with Crippen LogP contribution in [0.5, 0.6) is 11.5 Å². The zero-order chi connectivity index (χ0) is 14.2. The molecule has 0 saturated carbocycles. The molecule has 0 spiro atoms. The van der Waals surface area contributed by atoms with E-state index in [2.05, 4.69) is 4.98 Å². The van der Waals surface area contributed by atoms with E-state index in [-0.39, 0.29) is 18.2 Å². The van der Waals surface area contributed by atoms with Crippen molar-refractivity contribution in [3.05, 3.63) is 34.8 Å². The molecular formula is C12H12N2O4S2. The summed E-state index contributed by atoms with van der Waals surface area (Å²) in [5.74, 6) is 1.01. The van der Waals surface area contributed by atoms with Crippen LogP contribution in [-0.2, 0) is 16.6 Å². The van der Waals surface area contributed by atoms with Gasteiger partial charge in [0.15, 0.2) is 11.5 Å². The Kier molecular flexibility index (Phi) is 3.36. The largest absolute Gasteiger partial charge is 0.454 e. The van der Waals surface area contributed by atoms with Gasteiger partial charge in [-0.1, -0.05) is 0 Å². The van der Waals surface area contributed by atoms with Gasteiger partial charge < -0.3 is 9.47 Å². The first-order chi connectivity index (χ1) is 9.57. The number of hydrogen-bond acceptors (Lipinski definition) is 6. The summed E-state index contributed by atoms with van der Waals surface area (Å²) in [5, 5.41) is 2.56. The molecular weight excluding hydrogens is 300 g/mol. The number of fused-ring (bicyclic) bond motifs is 1. The van der Waals surface area contributed by atoms with Crippen LogP contribution in [0, 0.1) is 0 Å². The van der Waals surface area contributed by atoms with Crippen molar-refractivity contribution < 1.29 is 17.9 Å². The molecule has 0 N–H and O–H groups in total. The van der Waals surface area contributed by atoms with Gasteiger partial charge in [0, 0.05) is 24.7 Å². The summed E-state index contributed by atoms with van der Waals surface area (Å²) in [4.78, 5) is 4.27. The van der Waals surface area contributed by atoms with E-state index in [0.717, 1.165) is 5.01 Å². The van der Waals surface area contributed by atoms with Gasteiger partial charge in [-0.15, -0.1) is 11.3 Å². The van der Waals surface area contributed by atoms with E-state index in [1.54, 1.807) is 12.3 Å². The Morgan fingerprint density at radius 3 is 2.90 bits per heavy atom. The molecule has 106 valence electrons. The summed E-state index contributed by atoms with van der Waals surface area (Å²) in [6.07, 6.45) is 1.65. The standard InChI is InChI=1S/C12H12N2O4S2/c1-14(7-12-13-4-5-19-12)20(15,16)9-2-3-10-11(6-9)18-8-17-10/h2-6H,7-8H2,1H3. The van der Waals surface area contributed by atoms with Crippen LogP contribution in [0.3, 0.4) is 0 Å². The Balaban J connectivity index is 1.87. The lowest BCUT2D eigenvalue weighted by molar-refractivity contribution is 0.174. The molecule has 0 amide bonds. The second kappa shape index (κ2) is 5.04. The quantitative estimate of drug-likeness (QED) is 0.859. The van der Waals surface area contributed by atoms with Crippen LogP contribution < -0.4 is 9.47 Å². The first kappa shape index (κ1) is 13.3. The number of nitrogens with zero attached hydrogens (tertiary/aromatic N) is 2. The summed E-state index contributed by atoms with van der Waals surface area (Å²) < 4.78 is 36.6. The number of hydrogen-bond donors (Lipinski definition) is 0. The minimum absolute atomic E-state index is 0.119. The van der Waals surface area contributed by atoms with Gasteiger partial charge in [0.2, 0.25) is 16.8 Å². The van der Waals surface area contributed by atoms with E-state index in [1.807, 2.05) is 5.38 Å². The Hall–Kier alpha value is -1.64. The molecule has 20 heavy (non-hydrogen) atoms. The van der Waals surface area contributed by atoms with Crippen LogP contribution in [0.1, 0.15) is 5.01 Å². The number of aromatic nitrogens is 1. The van der Waals surface area contributed by atoms with Gasteiger partial charge >= 0.3 is 0 Å². The minimum atomic E-state index is -3.57. The summed E-state index contributed by atoms with van der Waals surface area (Å²) in [6.45, 7) is 0.363. The molecule has 2 heterocycles. The van der Waals surface area contributed by atoms with Gasteiger partial charge in [-0.2, -0.15) is 4.31 Å². The summed E-state index contributed by atoms with van der Waals surface area (Å²) in [7, 11) is -2.04. The van der Waals surface area contributed by atoms with Crippen LogP contribution in [0.15, 0.2) is 34.7 Å². The van der Waals surface area contributed by atoms with Crippen LogP contribution in [-0.4, -0.2) is 31.5 Å². The summed E-state index contributed by atoms with van der Waals surface area (Å²) >= 11 is 1.42. The second-order valence-corrected chi connectivity index (χ2v) is 7.23. The molecule has 0 radical (unpaired) electrons. The van der Waals surface area contributed by atoms with Gasteiger partial charge in [0.05, 0.1) is 11.4 Å². The topological polar surface area (TPSA) is 68.7 Å². The van der Waals surface area contributed by atoms with Crippen molar-refractivity contribution in [3.8, 4) is 11.5 Å². The Labute approximate surface area is 120 Å². The lowest BCUT2D eigenvalue weighted by Crippen LogP contribution is -2.26. The first-order valence-corrected chi connectivity index (χ1v) is 8.14. The van der Waals surface area contributed by atoms with Crippen molar-refractivity contribution in [3.63, 3.8) is 0 Å². The van der Waals surface area contributed by atoms with E-state index in [4.69, 9.17) is 9.47 Å². The van der Waals surface area contributed by atoms with Crippen LogP contribution in [0.4, 0.5) is 0 Å². The van der Waals surface area contributed by atoms with Gasteiger partial charge in [-0.3, -0.25) is 0 Å². The zero-order valence-electron chi connectivity index (χ0n) is 10.6. The smallest absolute Gasteiger partial charge is 0.243 e. The SMILES string of the molecule is CN(Cc1nccs1)S(=O)(=O)c1ccc2c(c1)OCO2. The monoisotopic (exact) mass is 312 g/mol. The van der Waals surface area contributed by atoms with Crippen LogP contribution in [0.25, 0.3) is 0 Å². The highest BCUT2D eigenvalue weighted by molar-refractivity contribution is 7.89. The predicted octanol–water partition coefficient (Wildman–Crippen LogP) is 1.69. The number of benzene rings is 1. The summed E-state index contributed by atoms with van der Waals surface area (Å²) in [6, 6.07) is 4.60. The molecule has 8 heteroatoms. The van der Waals surface area contributed by atoms with E-state index in [1.165, 1.54) is 34.8 Å². The van der Waals surface area contributed by atoms with E-state index in [9.17, 15) is 8.42 Å². The average Bonchev–Trinajstić information content (AvgIpc) is 3.07. The third-order valence-electron chi connectivity index (χ3n) is 2.89. The molecule has 6 nitrogen and oxygen atoms in total. The third-order valence-corrected chi connectivity index (χ3v) is 5.46. The molecule has 3 rings (SSSR count). The van der Waals surface area contributed by atoms with E-state index in [0.29, 0.717) is 11.5 Å². The average molecular weight is 312 g/mol. The van der Waals surface area contributed by atoms with Crippen molar-refractivity contribution in [1.29, 1.82) is 0 Å². The molecule has 1 aliphatic rings. The number of sulfonamides is 1. The first-order valence-electron chi connectivity index (χ1n) is 5.82. The molecule has 0 aliphatic carbocycles. The molecule has 2 aromatic rings. The molecule has 1 aromatic heterocycles. The van der Waals surface area contributed by atoms with Crippen molar-refractivity contribution in [2.45, 2.75) is 11.4 Å². The Morgan fingerprint density at radius 2 is 2.15 bits per heavy atom. The maximum Gasteiger partial charge on any atom is 0.243 e. The lowest BCUT2D eigenvalue weighted by Gasteiger charge is -2.16. The molecule has 1 aromatic carbocycles. The fourth-order valence-electron chi connectivity index (χ4n) is 1.82. The Morgan fingerprint density at radius 1 is 1.35 bits per heavy atom. The van der Waals surface area contributed by atoms with Crippen molar-refractivity contribution in [1.82, 2.24) is 9.29 Å². The van der Waals surface area contributed by atoms with E-state index < -0.39 is 10.0 Å². The molecule has 1 aliphatic heterocycles. The van der Waals surface area contributed by atoms with Gasteiger partial charge in [-0.05, 0) is 12.1 Å². The van der Waals surface area contributed by atoms with Gasteiger partial charge in [0.1, 0.15) is 5.01 Å². The maximum atomic E-state index is 12.5. The molecule has 0 fully saturated rings.